The lowest BCUT2D eigenvalue weighted by Crippen LogP contribution is -2.23. The predicted molar refractivity (Wildman–Crippen MR) is 87.7 cm³/mol. The summed E-state index contributed by atoms with van der Waals surface area (Å²) in [5.74, 6) is 0. The summed E-state index contributed by atoms with van der Waals surface area (Å²) in [7, 11) is 1.88. The fourth-order valence-electron chi connectivity index (χ4n) is 2.41. The van der Waals surface area contributed by atoms with Crippen molar-refractivity contribution in [3.8, 4) is 0 Å². The van der Waals surface area contributed by atoms with Gasteiger partial charge in [0.05, 0.1) is 11.6 Å². The number of hydrogen-bond acceptors (Lipinski definition) is 4. The SMILES string of the molecule is Cc1sc2[nH]c(=S)n(CCc3cnn(C)c3)c(=O)c2c1C. The van der Waals surface area contributed by atoms with Crippen molar-refractivity contribution in [2.24, 2.45) is 7.05 Å². The van der Waals surface area contributed by atoms with Gasteiger partial charge in [-0.15, -0.1) is 11.3 Å². The Labute approximate surface area is 130 Å². The molecule has 0 aliphatic rings. The third-order valence-electron chi connectivity index (χ3n) is 3.69. The molecule has 0 amide bonds. The number of fused-ring (bicyclic) bond motifs is 1. The molecule has 0 unspecified atom stereocenters. The molecule has 3 rings (SSSR count). The molecule has 0 spiro atoms. The molecule has 0 saturated heterocycles. The zero-order valence-corrected chi connectivity index (χ0v) is 13.8. The molecule has 7 heteroatoms. The number of aryl methyl sites for hydroxylation is 4. The first-order valence-corrected chi connectivity index (χ1v) is 7.90. The van der Waals surface area contributed by atoms with Crippen molar-refractivity contribution in [2.75, 3.05) is 0 Å². The first kappa shape index (κ1) is 14.2. The zero-order valence-electron chi connectivity index (χ0n) is 12.1. The number of nitrogens with zero attached hydrogens (tertiary/aromatic N) is 3. The number of aromatic amines is 1. The van der Waals surface area contributed by atoms with Gasteiger partial charge in [-0.2, -0.15) is 5.10 Å². The highest BCUT2D eigenvalue weighted by Gasteiger charge is 2.12. The molecule has 0 atom stereocenters. The Morgan fingerprint density at radius 1 is 1.43 bits per heavy atom. The molecule has 0 aromatic carbocycles. The predicted octanol–water partition coefficient (Wildman–Crippen LogP) is 2.71. The largest absolute Gasteiger partial charge is 0.323 e. The van der Waals surface area contributed by atoms with Gasteiger partial charge in [0, 0.05) is 24.7 Å². The highest BCUT2D eigenvalue weighted by molar-refractivity contribution is 7.71. The molecule has 0 fully saturated rings. The summed E-state index contributed by atoms with van der Waals surface area (Å²) in [6.07, 6.45) is 4.51. The van der Waals surface area contributed by atoms with E-state index in [1.807, 2.05) is 33.3 Å². The maximum absolute atomic E-state index is 12.7. The lowest BCUT2D eigenvalue weighted by Gasteiger charge is -2.05. The number of hydrogen-bond donors (Lipinski definition) is 1. The summed E-state index contributed by atoms with van der Waals surface area (Å²) >= 11 is 6.92. The van der Waals surface area contributed by atoms with Crippen LogP contribution in [-0.4, -0.2) is 19.3 Å². The standard InChI is InChI=1S/C14H16N4OS2/c1-8-9(2)21-12-11(8)13(19)18(14(20)16-12)5-4-10-6-15-17(3)7-10/h6-7H,4-5H2,1-3H3,(H,16,20). The third kappa shape index (κ3) is 2.47. The fourth-order valence-corrected chi connectivity index (χ4v) is 3.80. The van der Waals surface area contributed by atoms with Gasteiger partial charge in [0.2, 0.25) is 0 Å². The minimum atomic E-state index is -0.000472. The second-order valence-corrected chi connectivity index (χ2v) is 6.76. The summed E-state index contributed by atoms with van der Waals surface area (Å²) < 4.78 is 3.88. The van der Waals surface area contributed by atoms with E-state index < -0.39 is 0 Å². The van der Waals surface area contributed by atoms with E-state index in [0.29, 0.717) is 11.3 Å². The fraction of sp³-hybridized carbons (Fsp3) is 0.357. The van der Waals surface area contributed by atoms with Crippen LogP contribution >= 0.6 is 23.6 Å². The number of H-pyrrole nitrogens is 1. The molecule has 0 bridgehead atoms. The van der Waals surface area contributed by atoms with Gasteiger partial charge in [0.25, 0.3) is 5.56 Å². The molecule has 0 aliphatic carbocycles. The van der Waals surface area contributed by atoms with Gasteiger partial charge in [0.1, 0.15) is 4.83 Å². The van der Waals surface area contributed by atoms with E-state index in [-0.39, 0.29) is 5.56 Å². The summed E-state index contributed by atoms with van der Waals surface area (Å²) in [5, 5.41) is 4.90. The van der Waals surface area contributed by atoms with E-state index in [1.165, 1.54) is 0 Å². The topological polar surface area (TPSA) is 55.6 Å². The normalized spacial score (nSPS) is 11.4. The van der Waals surface area contributed by atoms with Crippen LogP contribution < -0.4 is 5.56 Å². The maximum atomic E-state index is 12.7. The van der Waals surface area contributed by atoms with Crippen LogP contribution in [0.1, 0.15) is 16.0 Å². The van der Waals surface area contributed by atoms with E-state index in [4.69, 9.17) is 12.2 Å². The van der Waals surface area contributed by atoms with Crippen LogP contribution in [0.5, 0.6) is 0 Å². The number of aromatic nitrogens is 4. The Kier molecular flexibility index (Phi) is 3.54. The molecule has 3 heterocycles. The van der Waals surface area contributed by atoms with Gasteiger partial charge in [-0.3, -0.25) is 14.0 Å². The maximum Gasteiger partial charge on any atom is 0.263 e. The van der Waals surface area contributed by atoms with Crippen molar-refractivity contribution in [3.05, 3.63) is 43.5 Å². The van der Waals surface area contributed by atoms with Crippen LogP contribution in [0.15, 0.2) is 17.2 Å². The number of rotatable bonds is 3. The van der Waals surface area contributed by atoms with Crippen molar-refractivity contribution >= 4 is 33.8 Å². The average Bonchev–Trinajstić information content (AvgIpc) is 2.94. The van der Waals surface area contributed by atoms with Crippen LogP contribution in [0, 0.1) is 18.6 Å². The smallest absolute Gasteiger partial charge is 0.263 e. The van der Waals surface area contributed by atoms with Gasteiger partial charge < -0.3 is 4.98 Å². The van der Waals surface area contributed by atoms with E-state index in [9.17, 15) is 4.79 Å². The van der Waals surface area contributed by atoms with E-state index in [1.54, 1.807) is 20.6 Å². The number of nitrogens with one attached hydrogen (secondary N) is 1. The second kappa shape index (κ2) is 5.23. The monoisotopic (exact) mass is 320 g/mol. The minimum absolute atomic E-state index is 0.000472. The van der Waals surface area contributed by atoms with E-state index in [0.717, 1.165) is 32.6 Å². The highest BCUT2D eigenvalue weighted by atomic mass is 32.1. The molecular formula is C14H16N4OS2. The molecule has 5 nitrogen and oxygen atoms in total. The molecule has 1 N–H and O–H groups in total. The Hall–Kier alpha value is -1.73. The van der Waals surface area contributed by atoms with Crippen LogP contribution in [-0.2, 0) is 20.0 Å². The summed E-state index contributed by atoms with van der Waals surface area (Å²) in [6.45, 7) is 4.57. The van der Waals surface area contributed by atoms with Crippen molar-refractivity contribution in [2.45, 2.75) is 26.8 Å². The van der Waals surface area contributed by atoms with E-state index >= 15 is 0 Å². The molecule has 0 radical (unpaired) electrons. The highest BCUT2D eigenvalue weighted by Crippen LogP contribution is 2.25. The summed E-state index contributed by atoms with van der Waals surface area (Å²) in [4.78, 5) is 17.9. The number of thiophene rings is 1. The van der Waals surface area contributed by atoms with Crippen LogP contribution in [0.4, 0.5) is 0 Å². The lowest BCUT2D eigenvalue weighted by atomic mass is 10.2. The van der Waals surface area contributed by atoms with Gasteiger partial charge >= 0.3 is 0 Å². The molecular weight excluding hydrogens is 304 g/mol. The summed E-state index contributed by atoms with van der Waals surface area (Å²) in [6, 6.07) is 0. The Balaban J connectivity index is 2.04. The molecule has 3 aromatic rings. The average molecular weight is 320 g/mol. The van der Waals surface area contributed by atoms with Crippen LogP contribution in [0.25, 0.3) is 10.2 Å². The van der Waals surface area contributed by atoms with Crippen molar-refractivity contribution in [3.63, 3.8) is 0 Å². The quantitative estimate of drug-likeness (QED) is 0.755. The van der Waals surface area contributed by atoms with Crippen molar-refractivity contribution in [1.82, 2.24) is 19.3 Å². The zero-order chi connectivity index (χ0) is 15.1. The van der Waals surface area contributed by atoms with Gasteiger partial charge in [-0.1, -0.05) is 0 Å². The first-order valence-electron chi connectivity index (χ1n) is 6.67. The van der Waals surface area contributed by atoms with E-state index in [2.05, 4.69) is 10.1 Å². The Bertz CT molecular complexity index is 929. The molecule has 21 heavy (non-hydrogen) atoms. The molecule has 0 aliphatic heterocycles. The van der Waals surface area contributed by atoms with Crippen LogP contribution in [0.2, 0.25) is 0 Å². The minimum Gasteiger partial charge on any atom is -0.323 e. The van der Waals surface area contributed by atoms with Gasteiger partial charge in [-0.25, -0.2) is 0 Å². The van der Waals surface area contributed by atoms with Gasteiger partial charge in [-0.05, 0) is 43.6 Å². The Morgan fingerprint density at radius 2 is 2.19 bits per heavy atom. The second-order valence-electron chi connectivity index (χ2n) is 5.15. The van der Waals surface area contributed by atoms with Crippen LogP contribution in [0.3, 0.4) is 0 Å². The molecule has 110 valence electrons. The summed E-state index contributed by atoms with van der Waals surface area (Å²) in [5.41, 5.74) is 2.14. The van der Waals surface area contributed by atoms with Crippen molar-refractivity contribution < 1.29 is 0 Å². The Morgan fingerprint density at radius 3 is 2.86 bits per heavy atom. The molecule has 0 saturated carbocycles. The molecule has 3 aromatic heterocycles. The van der Waals surface area contributed by atoms with Crippen molar-refractivity contribution in [1.29, 1.82) is 0 Å². The van der Waals surface area contributed by atoms with Gasteiger partial charge in [0.15, 0.2) is 4.77 Å². The third-order valence-corrected chi connectivity index (χ3v) is 5.14. The lowest BCUT2D eigenvalue weighted by molar-refractivity contribution is 0.652. The first-order chi connectivity index (χ1) is 9.97.